The van der Waals surface area contributed by atoms with Gasteiger partial charge in [0.25, 0.3) is 10.1 Å². The molecule has 0 saturated carbocycles. The fourth-order valence-electron chi connectivity index (χ4n) is 4.89. The molecule has 3 aromatic rings. The molecule has 5 rings (SSSR count). The molecule has 30 heavy (non-hydrogen) atoms. The number of rotatable bonds is 3. The Bertz CT molecular complexity index is 1410. The molecule has 5 nitrogen and oxygen atoms in total. The van der Waals surface area contributed by atoms with E-state index in [9.17, 15) is 13.0 Å². The van der Waals surface area contributed by atoms with Gasteiger partial charge in [-0.05, 0) is 65.4 Å². The number of nitrogens with zero attached hydrogens (tertiary/aromatic N) is 1. The first-order valence-electron chi connectivity index (χ1n) is 10.1. The van der Waals surface area contributed by atoms with Crippen molar-refractivity contribution in [3.63, 3.8) is 0 Å². The lowest BCUT2D eigenvalue weighted by molar-refractivity contribution is 0.391. The van der Waals surface area contributed by atoms with Crippen molar-refractivity contribution in [2.45, 2.75) is 38.4 Å². The van der Waals surface area contributed by atoms with E-state index in [1.165, 1.54) is 16.2 Å². The highest BCUT2D eigenvalue weighted by molar-refractivity contribution is 7.86. The predicted molar refractivity (Wildman–Crippen MR) is 117 cm³/mol. The molecule has 0 radical (unpaired) electrons. The van der Waals surface area contributed by atoms with Crippen molar-refractivity contribution >= 4 is 33.0 Å². The Balaban J connectivity index is 1.73. The van der Waals surface area contributed by atoms with Gasteiger partial charge in [-0.3, -0.25) is 4.55 Å². The van der Waals surface area contributed by atoms with Crippen molar-refractivity contribution in [2.24, 2.45) is 5.92 Å². The van der Waals surface area contributed by atoms with Crippen LogP contribution in [0.4, 0.5) is 0 Å². The molecule has 1 heterocycles. The second-order valence-corrected chi connectivity index (χ2v) is 9.90. The normalized spacial score (nSPS) is 20.4. The Morgan fingerprint density at radius 2 is 1.83 bits per heavy atom. The summed E-state index contributed by atoms with van der Waals surface area (Å²) in [5.74, 6) is 0.323. The van der Waals surface area contributed by atoms with Crippen LogP contribution in [-0.2, 0) is 29.4 Å². The first kappa shape index (κ1) is 19.3. The van der Waals surface area contributed by atoms with Gasteiger partial charge in [0.1, 0.15) is 5.76 Å². The largest absolute Gasteiger partial charge is 0.361 e. The SMILES string of the molecule is Cc1noc(C)c1CC1C=c2c(ccc3c4c(ccc23)CC=CC=4)CC1S(=O)(=O)O. The summed E-state index contributed by atoms with van der Waals surface area (Å²) in [6, 6.07) is 8.37. The highest BCUT2D eigenvalue weighted by Gasteiger charge is 2.35. The summed E-state index contributed by atoms with van der Waals surface area (Å²) in [5, 5.41) is 7.70. The van der Waals surface area contributed by atoms with Crippen LogP contribution in [0.25, 0.3) is 22.9 Å². The summed E-state index contributed by atoms with van der Waals surface area (Å²) in [6.07, 6.45) is 10.1. The first-order valence-corrected chi connectivity index (χ1v) is 11.6. The van der Waals surface area contributed by atoms with E-state index in [0.717, 1.165) is 33.8 Å². The highest BCUT2D eigenvalue weighted by atomic mass is 32.2. The second kappa shape index (κ2) is 6.93. The van der Waals surface area contributed by atoms with E-state index in [2.05, 4.69) is 41.6 Å². The van der Waals surface area contributed by atoms with E-state index in [4.69, 9.17) is 4.52 Å². The van der Waals surface area contributed by atoms with E-state index in [0.29, 0.717) is 12.2 Å². The van der Waals surface area contributed by atoms with Crippen LogP contribution in [0.1, 0.15) is 28.1 Å². The van der Waals surface area contributed by atoms with Gasteiger partial charge < -0.3 is 4.52 Å². The van der Waals surface area contributed by atoms with Crippen molar-refractivity contribution in [1.82, 2.24) is 5.16 Å². The first-order chi connectivity index (χ1) is 14.3. The van der Waals surface area contributed by atoms with E-state index >= 15 is 0 Å². The van der Waals surface area contributed by atoms with Gasteiger partial charge in [-0.2, -0.15) is 8.42 Å². The maximum atomic E-state index is 12.2. The average Bonchev–Trinajstić information content (AvgIpc) is 3.04. The Hall–Kier alpha value is -2.70. The van der Waals surface area contributed by atoms with Crippen LogP contribution in [0.2, 0.25) is 0 Å². The van der Waals surface area contributed by atoms with Crippen molar-refractivity contribution in [2.75, 3.05) is 0 Å². The molecule has 2 unspecified atom stereocenters. The van der Waals surface area contributed by atoms with Crippen LogP contribution in [0.3, 0.4) is 0 Å². The molecule has 2 aliphatic rings. The molecule has 1 aromatic heterocycles. The number of hydrogen-bond acceptors (Lipinski definition) is 4. The van der Waals surface area contributed by atoms with Crippen LogP contribution >= 0.6 is 0 Å². The second-order valence-electron chi connectivity index (χ2n) is 8.27. The van der Waals surface area contributed by atoms with Gasteiger partial charge in [-0.15, -0.1) is 0 Å². The summed E-state index contributed by atoms with van der Waals surface area (Å²) in [4.78, 5) is 0. The van der Waals surface area contributed by atoms with Crippen LogP contribution in [0, 0.1) is 19.8 Å². The fraction of sp³-hybridized carbons (Fsp3) is 0.292. The molecule has 0 aliphatic heterocycles. The van der Waals surface area contributed by atoms with Gasteiger partial charge >= 0.3 is 0 Å². The molecule has 0 saturated heterocycles. The monoisotopic (exact) mass is 421 g/mol. The maximum Gasteiger partial charge on any atom is 0.268 e. The van der Waals surface area contributed by atoms with Crippen LogP contribution in [0.5, 0.6) is 0 Å². The van der Waals surface area contributed by atoms with Gasteiger partial charge in [0, 0.05) is 11.5 Å². The Labute approximate surface area is 175 Å². The van der Waals surface area contributed by atoms with Crippen molar-refractivity contribution < 1.29 is 17.5 Å². The Morgan fingerprint density at radius 3 is 2.53 bits per heavy atom. The van der Waals surface area contributed by atoms with Gasteiger partial charge in [0.2, 0.25) is 0 Å². The molecule has 0 bridgehead atoms. The summed E-state index contributed by atoms with van der Waals surface area (Å²) < 4.78 is 39.7. The number of aromatic nitrogens is 1. The van der Waals surface area contributed by atoms with E-state index in [1.54, 1.807) is 0 Å². The van der Waals surface area contributed by atoms with Crippen molar-refractivity contribution in [3.05, 3.63) is 75.0 Å². The van der Waals surface area contributed by atoms with E-state index in [-0.39, 0.29) is 12.3 Å². The summed E-state index contributed by atoms with van der Waals surface area (Å²) in [6.45, 7) is 3.69. The molecule has 2 aliphatic carbocycles. The van der Waals surface area contributed by atoms with Crippen molar-refractivity contribution in [3.8, 4) is 0 Å². The minimum absolute atomic E-state index is 0.287. The topological polar surface area (TPSA) is 80.4 Å². The number of hydrogen-bond donors (Lipinski definition) is 1. The zero-order valence-corrected chi connectivity index (χ0v) is 17.7. The molecule has 0 fully saturated rings. The van der Waals surface area contributed by atoms with Crippen LogP contribution < -0.4 is 10.4 Å². The molecule has 6 heteroatoms. The minimum atomic E-state index is -4.21. The average molecular weight is 422 g/mol. The van der Waals surface area contributed by atoms with Gasteiger partial charge in [0.15, 0.2) is 0 Å². The minimum Gasteiger partial charge on any atom is -0.361 e. The molecule has 154 valence electrons. The van der Waals surface area contributed by atoms with Crippen LogP contribution in [-0.4, -0.2) is 23.4 Å². The quantitative estimate of drug-likeness (QED) is 0.658. The zero-order chi connectivity index (χ0) is 21.0. The van der Waals surface area contributed by atoms with Crippen molar-refractivity contribution in [1.29, 1.82) is 0 Å². The molecule has 2 aromatic carbocycles. The standard InChI is InChI=1S/C24H23NO4S/c1-14-22(15(2)29-25-14)11-18-12-23-17(13-24(18)30(26,27)28)8-10-20-19-6-4-3-5-16(19)7-9-21(20)23/h3-4,6-10,12,18,24H,5,11,13H2,1-2H3,(H,26,27,28). The van der Waals surface area contributed by atoms with Gasteiger partial charge in [-0.25, -0.2) is 0 Å². The molecular weight excluding hydrogens is 398 g/mol. The van der Waals surface area contributed by atoms with Crippen LogP contribution in [0.15, 0.2) is 40.9 Å². The lowest BCUT2D eigenvalue weighted by Gasteiger charge is -2.27. The summed E-state index contributed by atoms with van der Waals surface area (Å²) >= 11 is 0. The summed E-state index contributed by atoms with van der Waals surface area (Å²) in [5.41, 5.74) is 3.91. The van der Waals surface area contributed by atoms with E-state index < -0.39 is 15.4 Å². The summed E-state index contributed by atoms with van der Waals surface area (Å²) in [7, 11) is -4.21. The molecule has 2 atom stereocenters. The third kappa shape index (κ3) is 3.11. The fourth-order valence-corrected chi connectivity index (χ4v) is 5.89. The Kier molecular flexibility index (Phi) is 4.45. The predicted octanol–water partition coefficient (Wildman–Crippen LogP) is 2.79. The van der Waals surface area contributed by atoms with Gasteiger partial charge in [-0.1, -0.05) is 53.7 Å². The zero-order valence-electron chi connectivity index (χ0n) is 16.9. The molecule has 1 N–H and O–H groups in total. The maximum absolute atomic E-state index is 12.2. The van der Waals surface area contributed by atoms with Gasteiger partial charge in [0.05, 0.1) is 10.9 Å². The lowest BCUT2D eigenvalue weighted by atomic mass is 9.84. The van der Waals surface area contributed by atoms with E-state index in [1.807, 2.05) is 26.0 Å². The lowest BCUT2D eigenvalue weighted by Crippen LogP contribution is -2.38. The highest BCUT2D eigenvalue weighted by Crippen LogP contribution is 2.29. The molecule has 0 amide bonds. The smallest absolute Gasteiger partial charge is 0.268 e. The third-order valence-corrected chi connectivity index (χ3v) is 7.77. The number of aryl methyl sites for hydroxylation is 2. The Morgan fingerprint density at radius 1 is 1.10 bits per heavy atom. The molecular formula is C24H23NO4S. The molecule has 0 spiro atoms. The number of allylic oxidation sites excluding steroid dienone is 2. The third-order valence-electron chi connectivity index (χ3n) is 6.48. The number of benzene rings is 2. The number of fused-ring (bicyclic) bond motifs is 5.